The molecule has 1 atom stereocenters. The predicted molar refractivity (Wildman–Crippen MR) is 109 cm³/mol. The number of hydrogen-bond donors (Lipinski definition) is 0. The van der Waals surface area contributed by atoms with Gasteiger partial charge in [-0.1, -0.05) is 30.3 Å². The minimum Gasteiger partial charge on any atom is -0.374 e. The van der Waals surface area contributed by atoms with Gasteiger partial charge in [-0.3, -0.25) is 9.80 Å². The lowest BCUT2D eigenvalue weighted by Gasteiger charge is -2.39. The van der Waals surface area contributed by atoms with Crippen molar-refractivity contribution in [3.8, 4) is 0 Å². The van der Waals surface area contributed by atoms with Crippen molar-refractivity contribution >= 4 is 5.82 Å². The lowest BCUT2D eigenvalue weighted by molar-refractivity contribution is -0.137. The second kappa shape index (κ2) is 9.32. The van der Waals surface area contributed by atoms with Crippen LogP contribution in [0.1, 0.15) is 11.1 Å². The van der Waals surface area contributed by atoms with E-state index in [1.165, 1.54) is 11.6 Å². The summed E-state index contributed by atoms with van der Waals surface area (Å²) >= 11 is 0. The molecule has 0 bridgehead atoms. The summed E-state index contributed by atoms with van der Waals surface area (Å²) in [6.07, 6.45) is -3.25. The molecule has 1 aromatic carbocycles. The first kappa shape index (κ1) is 21.1. The first-order valence-corrected chi connectivity index (χ1v) is 10.4. The fourth-order valence-electron chi connectivity index (χ4n) is 4.06. The van der Waals surface area contributed by atoms with Crippen molar-refractivity contribution in [3.63, 3.8) is 0 Å². The summed E-state index contributed by atoms with van der Waals surface area (Å²) < 4.78 is 44.1. The van der Waals surface area contributed by atoms with Crippen molar-refractivity contribution < 1.29 is 17.9 Å². The van der Waals surface area contributed by atoms with E-state index in [1.54, 1.807) is 0 Å². The van der Waals surface area contributed by atoms with E-state index in [0.717, 1.165) is 71.2 Å². The molecule has 0 spiro atoms. The van der Waals surface area contributed by atoms with Gasteiger partial charge in [0.05, 0.1) is 18.3 Å². The summed E-state index contributed by atoms with van der Waals surface area (Å²) in [4.78, 5) is 10.9. The Labute approximate surface area is 175 Å². The first-order chi connectivity index (χ1) is 14.5. The number of alkyl halides is 3. The number of nitrogens with zero attached hydrogens (tertiary/aromatic N) is 4. The smallest absolute Gasteiger partial charge is 0.374 e. The molecule has 2 aliphatic heterocycles. The molecule has 5 nitrogen and oxygen atoms in total. The van der Waals surface area contributed by atoms with E-state index in [9.17, 15) is 13.2 Å². The zero-order valence-electron chi connectivity index (χ0n) is 16.9. The Balaban J connectivity index is 1.24. The van der Waals surface area contributed by atoms with Gasteiger partial charge in [-0.2, -0.15) is 13.2 Å². The van der Waals surface area contributed by atoms with E-state index in [-0.39, 0.29) is 6.10 Å². The number of rotatable bonds is 5. The highest BCUT2D eigenvalue weighted by Crippen LogP contribution is 2.29. The van der Waals surface area contributed by atoms with Crippen LogP contribution in [0.25, 0.3) is 0 Å². The molecule has 162 valence electrons. The fraction of sp³-hybridized carbons (Fsp3) is 0.500. The van der Waals surface area contributed by atoms with Crippen LogP contribution in [0.15, 0.2) is 48.7 Å². The maximum atomic E-state index is 12.7. The molecular weight excluding hydrogens is 393 g/mol. The molecule has 0 amide bonds. The van der Waals surface area contributed by atoms with E-state index >= 15 is 0 Å². The highest BCUT2D eigenvalue weighted by molar-refractivity contribution is 5.40. The third kappa shape index (κ3) is 5.50. The average molecular weight is 420 g/mol. The predicted octanol–water partition coefficient (Wildman–Crippen LogP) is 3.12. The van der Waals surface area contributed by atoms with Gasteiger partial charge >= 0.3 is 6.18 Å². The van der Waals surface area contributed by atoms with Gasteiger partial charge in [0.2, 0.25) is 0 Å². The van der Waals surface area contributed by atoms with Gasteiger partial charge in [0, 0.05) is 58.6 Å². The number of benzene rings is 1. The second-order valence-corrected chi connectivity index (χ2v) is 7.90. The quantitative estimate of drug-likeness (QED) is 0.742. The van der Waals surface area contributed by atoms with Crippen LogP contribution in [0.3, 0.4) is 0 Å². The summed E-state index contributed by atoms with van der Waals surface area (Å²) in [5.41, 5.74) is 0.607. The highest BCUT2D eigenvalue weighted by atomic mass is 19.4. The van der Waals surface area contributed by atoms with E-state index in [1.807, 2.05) is 11.0 Å². The van der Waals surface area contributed by atoms with Gasteiger partial charge in [0.1, 0.15) is 5.82 Å². The summed E-state index contributed by atoms with van der Waals surface area (Å²) in [6.45, 7) is 7.61. The van der Waals surface area contributed by atoms with Gasteiger partial charge in [-0.05, 0) is 17.7 Å². The van der Waals surface area contributed by atoms with Crippen LogP contribution in [-0.4, -0.2) is 73.3 Å². The van der Waals surface area contributed by atoms with Crippen molar-refractivity contribution in [1.82, 2.24) is 14.8 Å². The molecule has 4 rings (SSSR count). The molecule has 1 aromatic heterocycles. The average Bonchev–Trinajstić information content (AvgIpc) is 2.75. The Morgan fingerprint density at radius 3 is 2.37 bits per heavy atom. The number of hydrogen-bond acceptors (Lipinski definition) is 5. The van der Waals surface area contributed by atoms with Gasteiger partial charge in [-0.15, -0.1) is 0 Å². The molecule has 8 heteroatoms. The van der Waals surface area contributed by atoms with Crippen molar-refractivity contribution in [2.75, 3.05) is 57.3 Å². The van der Waals surface area contributed by atoms with Crippen LogP contribution in [0.2, 0.25) is 0 Å². The molecule has 0 saturated carbocycles. The molecule has 2 aromatic rings. The number of piperazine rings is 1. The summed E-state index contributed by atoms with van der Waals surface area (Å²) in [6, 6.07) is 13.0. The third-order valence-corrected chi connectivity index (χ3v) is 5.71. The number of aromatic nitrogens is 1. The van der Waals surface area contributed by atoms with E-state index < -0.39 is 11.7 Å². The number of morpholine rings is 1. The van der Waals surface area contributed by atoms with Gasteiger partial charge in [0.15, 0.2) is 0 Å². The normalized spacial score (nSPS) is 21.7. The lowest BCUT2D eigenvalue weighted by atomic mass is 10.1. The molecule has 2 fully saturated rings. The molecule has 0 aliphatic carbocycles. The monoisotopic (exact) mass is 420 g/mol. The van der Waals surface area contributed by atoms with E-state index in [2.05, 4.69) is 39.0 Å². The zero-order valence-corrected chi connectivity index (χ0v) is 16.9. The number of anilines is 1. The molecule has 1 unspecified atom stereocenters. The Hall–Kier alpha value is -2.16. The van der Waals surface area contributed by atoms with Crippen molar-refractivity contribution in [2.45, 2.75) is 18.8 Å². The van der Waals surface area contributed by atoms with Crippen molar-refractivity contribution in [3.05, 3.63) is 59.8 Å². The number of pyridine rings is 1. The number of halogens is 3. The van der Waals surface area contributed by atoms with Crippen molar-refractivity contribution in [1.29, 1.82) is 0 Å². The molecule has 3 heterocycles. The van der Waals surface area contributed by atoms with Crippen LogP contribution >= 0.6 is 0 Å². The van der Waals surface area contributed by atoms with Gasteiger partial charge in [0.25, 0.3) is 0 Å². The summed E-state index contributed by atoms with van der Waals surface area (Å²) in [5.74, 6) is 0.602. The van der Waals surface area contributed by atoms with Gasteiger partial charge in [-0.25, -0.2) is 4.98 Å². The first-order valence-electron chi connectivity index (χ1n) is 10.4. The van der Waals surface area contributed by atoms with E-state index in [4.69, 9.17) is 4.74 Å². The molecule has 2 saturated heterocycles. The van der Waals surface area contributed by atoms with Crippen LogP contribution in [0.5, 0.6) is 0 Å². The van der Waals surface area contributed by atoms with Crippen LogP contribution in [0, 0.1) is 0 Å². The molecule has 0 radical (unpaired) electrons. The Kier molecular flexibility index (Phi) is 6.55. The lowest BCUT2D eigenvalue weighted by Crippen LogP contribution is -2.52. The van der Waals surface area contributed by atoms with Crippen LogP contribution in [0.4, 0.5) is 19.0 Å². The maximum absolute atomic E-state index is 12.7. The van der Waals surface area contributed by atoms with Crippen LogP contribution < -0.4 is 4.90 Å². The summed E-state index contributed by atoms with van der Waals surface area (Å²) in [7, 11) is 0. The molecule has 0 N–H and O–H groups in total. The Morgan fingerprint density at radius 2 is 1.70 bits per heavy atom. The Bertz CT molecular complexity index is 792. The Morgan fingerprint density at radius 1 is 0.933 bits per heavy atom. The topological polar surface area (TPSA) is 31.8 Å². The fourth-order valence-corrected chi connectivity index (χ4v) is 4.06. The molecular formula is C22H27F3N4O. The maximum Gasteiger partial charge on any atom is 0.417 e. The second-order valence-electron chi connectivity index (χ2n) is 7.90. The molecule has 2 aliphatic rings. The largest absolute Gasteiger partial charge is 0.417 e. The SMILES string of the molecule is FC(F)(F)c1ccc(N2CCN(CC3CN(Cc4ccccc4)CCO3)CC2)nc1. The molecule has 30 heavy (non-hydrogen) atoms. The highest BCUT2D eigenvalue weighted by Gasteiger charge is 2.31. The summed E-state index contributed by atoms with van der Waals surface area (Å²) in [5, 5.41) is 0. The van der Waals surface area contributed by atoms with Crippen LogP contribution in [-0.2, 0) is 17.5 Å². The zero-order chi connectivity index (χ0) is 21.0. The number of ether oxygens (including phenoxy) is 1. The minimum atomic E-state index is -4.35. The standard InChI is InChI=1S/C22H27F3N4O/c23-22(24,25)19-6-7-21(26-14-19)29-10-8-27(9-11-29)16-20-17-28(12-13-30-20)15-18-4-2-1-3-5-18/h1-7,14,20H,8-13,15-17H2. The van der Waals surface area contributed by atoms with E-state index in [0.29, 0.717) is 5.82 Å². The van der Waals surface area contributed by atoms with Gasteiger partial charge < -0.3 is 9.64 Å². The minimum absolute atomic E-state index is 0.179. The van der Waals surface area contributed by atoms with Crippen molar-refractivity contribution in [2.24, 2.45) is 0 Å². The third-order valence-electron chi connectivity index (χ3n) is 5.71.